The van der Waals surface area contributed by atoms with Crippen molar-refractivity contribution in [1.82, 2.24) is 9.56 Å². The van der Waals surface area contributed by atoms with Gasteiger partial charge in [-0.3, -0.25) is 9.59 Å². The minimum atomic E-state index is -0.399. The number of hydrogen-bond donors (Lipinski definition) is 1. The number of carbonyl (C=O) groups excluding carboxylic acids is 1. The third kappa shape index (κ3) is 5.45. The summed E-state index contributed by atoms with van der Waals surface area (Å²) < 4.78 is 22.8. The molecule has 9 nitrogen and oxygen atoms in total. The number of nitrogens with zero attached hydrogens (tertiary/aromatic N) is 2. The molecule has 2 aromatic carbocycles. The predicted molar refractivity (Wildman–Crippen MR) is 121 cm³/mol. The van der Waals surface area contributed by atoms with Gasteiger partial charge in [0, 0.05) is 17.2 Å². The molecular formula is C23H20ClN3O6. The molecule has 0 saturated carbocycles. The number of nitrogens with one attached hydrogen (secondary N) is 1. The number of rotatable bonds is 8. The Morgan fingerprint density at radius 2 is 1.85 bits per heavy atom. The number of fused-ring (bicyclic) bond motifs is 1. The van der Waals surface area contributed by atoms with Crippen LogP contribution in [0.25, 0.3) is 5.65 Å². The number of hydrogen-bond acceptors (Lipinski definition) is 7. The Labute approximate surface area is 193 Å². The molecule has 0 radical (unpaired) electrons. The van der Waals surface area contributed by atoms with Gasteiger partial charge in [0.25, 0.3) is 11.5 Å². The molecule has 4 rings (SSSR count). The van der Waals surface area contributed by atoms with E-state index in [1.165, 1.54) is 6.07 Å². The lowest BCUT2D eigenvalue weighted by Gasteiger charge is -2.13. The van der Waals surface area contributed by atoms with Gasteiger partial charge >= 0.3 is 0 Å². The van der Waals surface area contributed by atoms with Crippen LogP contribution in [0.4, 0.5) is 5.69 Å². The molecule has 0 aliphatic rings. The van der Waals surface area contributed by atoms with Gasteiger partial charge in [0.2, 0.25) is 0 Å². The molecule has 0 aliphatic carbocycles. The molecule has 0 aliphatic heterocycles. The summed E-state index contributed by atoms with van der Waals surface area (Å²) in [6.45, 7) is 1.52. The third-order valence-corrected chi connectivity index (χ3v) is 4.78. The van der Waals surface area contributed by atoms with Gasteiger partial charge in [-0.25, -0.2) is 4.98 Å². The Morgan fingerprint density at radius 3 is 2.61 bits per heavy atom. The smallest absolute Gasteiger partial charge is 0.287 e. The number of carbonyl (C=O) groups is 1. The number of anilines is 1. The molecule has 2 aromatic heterocycles. The highest BCUT2D eigenvalue weighted by molar-refractivity contribution is 6.31. The van der Waals surface area contributed by atoms with Gasteiger partial charge in [0.1, 0.15) is 29.6 Å². The van der Waals surface area contributed by atoms with Crippen LogP contribution in [0.3, 0.4) is 0 Å². The average molecular weight is 470 g/mol. The number of methoxy groups -OCH3 is 1. The third-order valence-electron chi connectivity index (χ3n) is 4.54. The second-order valence-corrected chi connectivity index (χ2v) is 7.46. The van der Waals surface area contributed by atoms with Crippen molar-refractivity contribution in [3.8, 4) is 17.2 Å². The predicted octanol–water partition coefficient (Wildman–Crippen LogP) is 3.85. The van der Waals surface area contributed by atoms with Crippen molar-refractivity contribution in [1.29, 1.82) is 0 Å². The van der Waals surface area contributed by atoms with Crippen molar-refractivity contribution in [3.63, 3.8) is 0 Å². The zero-order valence-electron chi connectivity index (χ0n) is 17.8. The van der Waals surface area contributed by atoms with Crippen LogP contribution < -0.4 is 25.1 Å². The van der Waals surface area contributed by atoms with E-state index in [0.29, 0.717) is 45.1 Å². The van der Waals surface area contributed by atoms with Gasteiger partial charge in [0.05, 0.1) is 18.5 Å². The largest absolute Gasteiger partial charge is 0.497 e. The van der Waals surface area contributed by atoms with Crippen LogP contribution in [0.15, 0.2) is 63.9 Å². The first-order chi connectivity index (χ1) is 15.9. The molecule has 0 saturated heterocycles. The van der Waals surface area contributed by atoms with E-state index in [4.69, 9.17) is 30.3 Å². The number of ether oxygens (including phenoxy) is 3. The number of halogens is 1. The Morgan fingerprint density at radius 1 is 1.09 bits per heavy atom. The van der Waals surface area contributed by atoms with E-state index in [2.05, 4.69) is 10.3 Å². The summed E-state index contributed by atoms with van der Waals surface area (Å²) in [6, 6.07) is 14.7. The molecule has 170 valence electrons. The zero-order valence-corrected chi connectivity index (χ0v) is 18.6. The lowest BCUT2D eigenvalue weighted by Crippen LogP contribution is -2.20. The molecule has 0 spiro atoms. The summed E-state index contributed by atoms with van der Waals surface area (Å²) in [5.74, 6) is 1.74. The van der Waals surface area contributed by atoms with Crippen molar-refractivity contribution >= 4 is 28.8 Å². The molecule has 1 amide bonds. The van der Waals surface area contributed by atoms with Gasteiger partial charge < -0.3 is 24.1 Å². The molecule has 0 bridgehead atoms. The Kier molecular flexibility index (Phi) is 6.50. The fourth-order valence-corrected chi connectivity index (χ4v) is 3.20. The highest BCUT2D eigenvalue weighted by Crippen LogP contribution is 2.29. The van der Waals surface area contributed by atoms with E-state index < -0.39 is 5.91 Å². The van der Waals surface area contributed by atoms with Crippen molar-refractivity contribution in [2.45, 2.75) is 13.5 Å². The Balaban J connectivity index is 1.42. The second kappa shape index (κ2) is 9.66. The number of aryl methyl sites for hydroxylation is 1. The zero-order chi connectivity index (χ0) is 23.4. The van der Waals surface area contributed by atoms with Gasteiger partial charge in [-0.1, -0.05) is 11.6 Å². The number of amides is 1. The molecule has 0 unspecified atom stereocenters. The van der Waals surface area contributed by atoms with Gasteiger partial charge in [-0.05, 0) is 49.4 Å². The standard InChI is InChI=1S/C23H20ClN3O6/c1-14-9-21-25-16(11-23(29)27(21)33-14)12-32-20-8-3-15(24)10-19(20)26-22(28)13-31-18-6-4-17(30-2)5-7-18/h3-11H,12-13H2,1-2H3,(H,26,28). The van der Waals surface area contributed by atoms with E-state index in [1.807, 2.05) is 0 Å². The van der Waals surface area contributed by atoms with E-state index >= 15 is 0 Å². The lowest BCUT2D eigenvalue weighted by molar-refractivity contribution is -0.118. The molecule has 33 heavy (non-hydrogen) atoms. The van der Waals surface area contributed by atoms with Crippen LogP contribution in [0.5, 0.6) is 17.2 Å². The first kappa shape index (κ1) is 22.2. The molecule has 2 heterocycles. The summed E-state index contributed by atoms with van der Waals surface area (Å²) in [5, 5.41) is 3.14. The van der Waals surface area contributed by atoms with Crippen LogP contribution in [0, 0.1) is 6.92 Å². The van der Waals surface area contributed by atoms with Gasteiger partial charge in [-0.2, -0.15) is 0 Å². The second-order valence-electron chi connectivity index (χ2n) is 7.03. The van der Waals surface area contributed by atoms with Gasteiger partial charge in [-0.15, -0.1) is 4.57 Å². The van der Waals surface area contributed by atoms with Crippen molar-refractivity contribution in [2.24, 2.45) is 0 Å². The van der Waals surface area contributed by atoms with Crippen LogP contribution in [-0.4, -0.2) is 29.2 Å². The van der Waals surface area contributed by atoms with Gasteiger partial charge in [0.15, 0.2) is 12.3 Å². The topological polar surface area (TPSA) is 104 Å². The van der Waals surface area contributed by atoms with E-state index in [0.717, 1.165) is 4.57 Å². The Bertz CT molecular complexity index is 1350. The minimum absolute atomic E-state index is 0.00280. The first-order valence-electron chi connectivity index (χ1n) is 9.90. The van der Waals surface area contributed by atoms with Crippen LogP contribution in [0.1, 0.15) is 11.5 Å². The molecule has 4 aromatic rings. The van der Waals surface area contributed by atoms with E-state index in [9.17, 15) is 9.59 Å². The maximum atomic E-state index is 12.4. The Hall–Kier alpha value is -3.98. The molecule has 0 atom stereocenters. The maximum absolute atomic E-state index is 12.4. The van der Waals surface area contributed by atoms with Crippen LogP contribution in [0.2, 0.25) is 5.02 Å². The minimum Gasteiger partial charge on any atom is -0.497 e. The lowest BCUT2D eigenvalue weighted by atomic mass is 10.3. The fraction of sp³-hybridized carbons (Fsp3) is 0.174. The average Bonchev–Trinajstić information content (AvgIpc) is 3.18. The van der Waals surface area contributed by atoms with Crippen LogP contribution >= 0.6 is 11.6 Å². The normalized spacial score (nSPS) is 10.8. The molecule has 0 fully saturated rings. The highest BCUT2D eigenvalue weighted by Gasteiger charge is 2.12. The number of aromatic nitrogens is 2. The van der Waals surface area contributed by atoms with E-state index in [1.54, 1.807) is 62.6 Å². The monoisotopic (exact) mass is 469 g/mol. The summed E-state index contributed by atoms with van der Waals surface area (Å²) in [7, 11) is 1.57. The summed E-state index contributed by atoms with van der Waals surface area (Å²) in [5.41, 5.74) is 0.810. The molecule has 10 heteroatoms. The maximum Gasteiger partial charge on any atom is 0.287 e. The molecular weight excluding hydrogens is 450 g/mol. The molecule has 1 N–H and O–H groups in total. The van der Waals surface area contributed by atoms with Crippen molar-refractivity contribution in [3.05, 3.63) is 81.4 Å². The SMILES string of the molecule is COc1ccc(OCC(=O)Nc2cc(Cl)ccc2OCc2cc(=O)n3oc(C)cc3n2)cc1. The number of benzene rings is 2. The quantitative estimate of drug-likeness (QED) is 0.418. The summed E-state index contributed by atoms with van der Waals surface area (Å²) in [6.07, 6.45) is 0. The van der Waals surface area contributed by atoms with Crippen molar-refractivity contribution < 1.29 is 23.5 Å². The van der Waals surface area contributed by atoms with E-state index in [-0.39, 0.29) is 18.8 Å². The summed E-state index contributed by atoms with van der Waals surface area (Å²) in [4.78, 5) is 29.0. The van der Waals surface area contributed by atoms with Crippen molar-refractivity contribution in [2.75, 3.05) is 19.0 Å². The highest BCUT2D eigenvalue weighted by atomic mass is 35.5. The summed E-state index contributed by atoms with van der Waals surface area (Å²) >= 11 is 6.09. The van der Waals surface area contributed by atoms with Crippen LogP contribution in [-0.2, 0) is 11.4 Å². The fourth-order valence-electron chi connectivity index (χ4n) is 3.03. The first-order valence-corrected chi connectivity index (χ1v) is 10.3.